The molecule has 19 heavy (non-hydrogen) atoms. The molecule has 2 aliphatic rings. The van der Waals surface area contributed by atoms with Crippen LogP contribution in [0.15, 0.2) is 29.8 Å². The molecule has 0 unspecified atom stereocenters. The molecule has 1 atom stereocenters. The van der Waals surface area contributed by atoms with Crippen LogP contribution in [0.2, 0.25) is 0 Å². The number of rotatable bonds is 2. The third-order valence-corrected chi connectivity index (χ3v) is 4.83. The van der Waals surface area contributed by atoms with E-state index in [9.17, 15) is 4.79 Å². The van der Waals surface area contributed by atoms with E-state index in [1.807, 2.05) is 0 Å². The van der Waals surface area contributed by atoms with Gasteiger partial charge in [0, 0.05) is 18.3 Å². The van der Waals surface area contributed by atoms with E-state index in [4.69, 9.17) is 4.74 Å². The van der Waals surface area contributed by atoms with E-state index >= 15 is 0 Å². The van der Waals surface area contributed by atoms with Crippen molar-refractivity contribution in [1.82, 2.24) is 0 Å². The molecule has 100 valence electrons. The second-order valence-corrected chi connectivity index (χ2v) is 5.61. The van der Waals surface area contributed by atoms with Crippen molar-refractivity contribution in [1.29, 1.82) is 0 Å². The van der Waals surface area contributed by atoms with Crippen molar-refractivity contribution in [2.75, 3.05) is 7.11 Å². The van der Waals surface area contributed by atoms with Gasteiger partial charge in [0.1, 0.15) is 11.5 Å². The van der Waals surface area contributed by atoms with Gasteiger partial charge in [-0.25, -0.2) is 0 Å². The van der Waals surface area contributed by atoms with Gasteiger partial charge >= 0.3 is 0 Å². The monoisotopic (exact) mass is 256 g/mol. The van der Waals surface area contributed by atoms with E-state index < -0.39 is 0 Å². The third kappa shape index (κ3) is 1.81. The second kappa shape index (κ2) is 4.52. The fourth-order valence-electron chi connectivity index (χ4n) is 3.72. The molecule has 0 aliphatic heterocycles. The van der Waals surface area contributed by atoms with Gasteiger partial charge in [-0.2, -0.15) is 0 Å². The van der Waals surface area contributed by atoms with Gasteiger partial charge in [-0.05, 0) is 42.5 Å². The first-order valence-electron chi connectivity index (χ1n) is 7.08. The zero-order chi connectivity index (χ0) is 13.5. The Labute approximate surface area is 114 Å². The van der Waals surface area contributed by atoms with E-state index in [1.165, 1.54) is 16.7 Å². The number of fused-ring (bicyclic) bond motifs is 3. The van der Waals surface area contributed by atoms with E-state index in [0.717, 1.165) is 31.4 Å². The summed E-state index contributed by atoms with van der Waals surface area (Å²) in [7, 11) is 1.71. The normalized spacial score (nSPS) is 25.4. The Morgan fingerprint density at radius 2 is 2.21 bits per heavy atom. The minimum absolute atomic E-state index is 0.105. The van der Waals surface area contributed by atoms with Gasteiger partial charge in [0.05, 0.1) is 7.11 Å². The van der Waals surface area contributed by atoms with E-state index in [0.29, 0.717) is 12.2 Å². The number of carbonyl (C=O) groups is 1. The molecular formula is C17H20O2. The highest BCUT2D eigenvalue weighted by molar-refractivity contribution is 5.84. The number of Topliss-reactive ketones (excluding diaryl/α,β-unsaturated/α-hetero) is 1. The van der Waals surface area contributed by atoms with Crippen LogP contribution < -0.4 is 4.74 Å². The third-order valence-electron chi connectivity index (χ3n) is 4.83. The Bertz CT molecular complexity index is 556. The van der Waals surface area contributed by atoms with Crippen molar-refractivity contribution in [3.05, 3.63) is 41.0 Å². The first kappa shape index (κ1) is 12.5. The molecule has 0 bridgehead atoms. The van der Waals surface area contributed by atoms with Crippen LogP contribution in [0.1, 0.15) is 43.7 Å². The van der Waals surface area contributed by atoms with Crippen molar-refractivity contribution >= 4 is 5.78 Å². The summed E-state index contributed by atoms with van der Waals surface area (Å²) in [6, 6.07) is 6.41. The Hall–Kier alpha value is -1.57. The molecule has 1 aromatic rings. The number of allylic oxidation sites excluding steroid dienone is 2. The first-order chi connectivity index (χ1) is 9.19. The predicted molar refractivity (Wildman–Crippen MR) is 75.6 cm³/mol. The molecule has 1 fully saturated rings. The summed E-state index contributed by atoms with van der Waals surface area (Å²) in [5.74, 6) is 1.32. The van der Waals surface area contributed by atoms with E-state index in [1.54, 1.807) is 7.11 Å². The molecule has 2 nitrogen and oxygen atoms in total. The van der Waals surface area contributed by atoms with Crippen molar-refractivity contribution in [3.63, 3.8) is 0 Å². The lowest BCUT2D eigenvalue weighted by Gasteiger charge is -2.43. The Kier molecular flexibility index (Phi) is 2.96. The van der Waals surface area contributed by atoms with Crippen LogP contribution in [-0.2, 0) is 16.6 Å². The second-order valence-electron chi connectivity index (χ2n) is 5.61. The number of carbonyl (C=O) groups excluding carboxylic acids is 1. The maximum Gasteiger partial charge on any atom is 0.137 e. The zero-order valence-corrected chi connectivity index (χ0v) is 11.7. The maximum absolute atomic E-state index is 11.7. The summed E-state index contributed by atoms with van der Waals surface area (Å²) in [6.45, 7) is 2.24. The van der Waals surface area contributed by atoms with Crippen LogP contribution in [-0.4, -0.2) is 12.9 Å². The number of methoxy groups -OCH3 is 1. The van der Waals surface area contributed by atoms with Crippen molar-refractivity contribution < 1.29 is 9.53 Å². The molecule has 0 amide bonds. The van der Waals surface area contributed by atoms with Crippen molar-refractivity contribution in [2.24, 2.45) is 0 Å². The molecule has 0 saturated heterocycles. The highest BCUT2D eigenvalue weighted by Crippen LogP contribution is 2.49. The first-order valence-corrected chi connectivity index (χ1v) is 7.08. The summed E-state index contributed by atoms with van der Waals surface area (Å²) in [5.41, 5.74) is 4.23. The average molecular weight is 256 g/mol. The predicted octanol–water partition coefficient (Wildman–Crippen LogP) is 3.58. The minimum atomic E-state index is 0.105. The van der Waals surface area contributed by atoms with Crippen LogP contribution in [0.3, 0.4) is 0 Å². The highest BCUT2D eigenvalue weighted by Gasteiger charge is 2.41. The molecule has 3 rings (SSSR count). The lowest BCUT2D eigenvalue weighted by atomic mass is 9.60. The van der Waals surface area contributed by atoms with Crippen LogP contribution in [0, 0.1) is 0 Å². The molecule has 0 spiro atoms. The lowest BCUT2D eigenvalue weighted by molar-refractivity contribution is -0.119. The quantitative estimate of drug-likeness (QED) is 0.756. The highest BCUT2D eigenvalue weighted by atomic mass is 16.5. The Morgan fingerprint density at radius 1 is 1.37 bits per heavy atom. The standard InChI is InChI=1S/C17H20O2/c1-3-17-9-8-14(18)11-13(17)5-4-12-10-15(19-2)6-7-16(12)17/h5-7,10H,3-4,8-9,11H2,1-2H3/t17-/m1/s1. The van der Waals surface area contributed by atoms with E-state index in [-0.39, 0.29) is 5.41 Å². The van der Waals surface area contributed by atoms with Gasteiger partial charge < -0.3 is 4.74 Å². The van der Waals surface area contributed by atoms with Crippen molar-refractivity contribution in [2.45, 2.75) is 44.4 Å². The smallest absolute Gasteiger partial charge is 0.137 e. The maximum atomic E-state index is 11.7. The number of hydrogen-bond acceptors (Lipinski definition) is 2. The number of benzene rings is 1. The summed E-state index contributed by atoms with van der Waals surface area (Å²) in [4.78, 5) is 11.7. The van der Waals surface area contributed by atoms with E-state index in [2.05, 4.69) is 31.2 Å². The minimum Gasteiger partial charge on any atom is -0.497 e. The molecule has 2 heteroatoms. The fraction of sp³-hybridized carbons (Fsp3) is 0.471. The van der Waals surface area contributed by atoms with Gasteiger partial charge in [0.15, 0.2) is 0 Å². The largest absolute Gasteiger partial charge is 0.497 e. The fourth-order valence-corrected chi connectivity index (χ4v) is 3.72. The summed E-state index contributed by atoms with van der Waals surface area (Å²) in [6.07, 6.45) is 6.62. The molecule has 2 aliphatic carbocycles. The van der Waals surface area contributed by atoms with Crippen LogP contribution in [0.25, 0.3) is 0 Å². The molecule has 0 heterocycles. The molecule has 0 radical (unpaired) electrons. The molecular weight excluding hydrogens is 236 g/mol. The van der Waals surface area contributed by atoms with Gasteiger partial charge in [-0.3, -0.25) is 4.79 Å². The van der Waals surface area contributed by atoms with Crippen LogP contribution in [0.5, 0.6) is 5.75 Å². The lowest BCUT2D eigenvalue weighted by Crippen LogP contribution is -2.37. The molecule has 1 saturated carbocycles. The summed E-state index contributed by atoms with van der Waals surface area (Å²) in [5, 5.41) is 0. The Balaban J connectivity index is 2.11. The molecule has 1 aromatic carbocycles. The van der Waals surface area contributed by atoms with Gasteiger partial charge in [-0.1, -0.05) is 24.6 Å². The molecule has 0 N–H and O–H groups in total. The van der Waals surface area contributed by atoms with Crippen molar-refractivity contribution in [3.8, 4) is 5.75 Å². The summed E-state index contributed by atoms with van der Waals surface area (Å²) < 4.78 is 5.33. The Morgan fingerprint density at radius 3 is 2.95 bits per heavy atom. The van der Waals surface area contributed by atoms with Gasteiger partial charge in [-0.15, -0.1) is 0 Å². The van der Waals surface area contributed by atoms with Crippen LogP contribution in [0.4, 0.5) is 0 Å². The topological polar surface area (TPSA) is 26.3 Å². The van der Waals surface area contributed by atoms with Crippen LogP contribution >= 0.6 is 0 Å². The zero-order valence-electron chi connectivity index (χ0n) is 11.7. The number of hydrogen-bond donors (Lipinski definition) is 0. The average Bonchev–Trinajstić information content (AvgIpc) is 2.46. The van der Waals surface area contributed by atoms with Gasteiger partial charge in [0.25, 0.3) is 0 Å². The summed E-state index contributed by atoms with van der Waals surface area (Å²) >= 11 is 0. The molecule has 0 aromatic heterocycles. The SMILES string of the molecule is CC[C@@]12CCC(=O)CC1=CCc1cc(OC)ccc12. The number of ketones is 1. The van der Waals surface area contributed by atoms with Gasteiger partial charge in [0.2, 0.25) is 0 Å². The number of ether oxygens (including phenoxy) is 1.